The molecular formula is C23H16ClF3N6O3. The Labute approximate surface area is 205 Å². The van der Waals surface area contributed by atoms with Gasteiger partial charge in [-0.05, 0) is 18.2 Å². The molecule has 0 fully saturated rings. The Balaban J connectivity index is 1.65. The molecule has 0 aliphatic rings. The Morgan fingerprint density at radius 1 is 1.00 bits per heavy atom. The van der Waals surface area contributed by atoms with Crippen LogP contribution in [-0.4, -0.2) is 23.9 Å². The topological polar surface area (TPSA) is 99.9 Å². The summed E-state index contributed by atoms with van der Waals surface area (Å²) in [7, 11) is 1.74. The highest BCUT2D eigenvalue weighted by Gasteiger charge is 2.18. The van der Waals surface area contributed by atoms with Crippen molar-refractivity contribution >= 4 is 34.0 Å². The molecule has 0 aliphatic heterocycles. The maximum absolute atomic E-state index is 14.5. The normalized spacial score (nSPS) is 11.4. The summed E-state index contributed by atoms with van der Waals surface area (Å²) in [6, 6.07) is 5.42. The van der Waals surface area contributed by atoms with E-state index in [2.05, 4.69) is 15.4 Å². The van der Waals surface area contributed by atoms with Crippen molar-refractivity contribution in [1.82, 2.24) is 23.9 Å². The van der Waals surface area contributed by atoms with Gasteiger partial charge in [-0.15, -0.1) is 0 Å². The number of rotatable bonds is 6. The first-order valence-corrected chi connectivity index (χ1v) is 10.8. The zero-order chi connectivity index (χ0) is 25.6. The van der Waals surface area contributed by atoms with Gasteiger partial charge in [0.1, 0.15) is 17.9 Å². The van der Waals surface area contributed by atoms with Crippen LogP contribution in [-0.2, 0) is 20.1 Å². The molecule has 0 atom stereocenters. The van der Waals surface area contributed by atoms with Gasteiger partial charge in [0, 0.05) is 36.3 Å². The summed E-state index contributed by atoms with van der Waals surface area (Å²) in [5.74, 6) is -3.75. The molecule has 5 rings (SSSR count). The number of benzene rings is 2. The van der Waals surface area contributed by atoms with Crippen LogP contribution in [0.1, 0.15) is 11.3 Å². The summed E-state index contributed by atoms with van der Waals surface area (Å²) < 4.78 is 50.2. The van der Waals surface area contributed by atoms with E-state index < -0.39 is 35.2 Å². The lowest BCUT2D eigenvalue weighted by Crippen LogP contribution is -2.41. The lowest BCUT2D eigenvalue weighted by molar-refractivity contribution is 0.486. The molecule has 0 bridgehead atoms. The quantitative estimate of drug-likeness (QED) is 0.345. The summed E-state index contributed by atoms with van der Waals surface area (Å²) in [5.41, 5.74) is -0.589. The van der Waals surface area contributed by atoms with Gasteiger partial charge in [-0.1, -0.05) is 11.6 Å². The van der Waals surface area contributed by atoms with Crippen molar-refractivity contribution in [3.8, 4) is 0 Å². The number of oxazole rings is 1. The molecule has 3 aromatic heterocycles. The summed E-state index contributed by atoms with van der Waals surface area (Å²) in [6.45, 7) is -0.743. The number of aryl methyl sites for hydroxylation is 1. The summed E-state index contributed by atoms with van der Waals surface area (Å²) in [4.78, 5) is 30.2. The minimum atomic E-state index is -1.37. The number of fused-ring (bicyclic) bond motifs is 1. The predicted octanol–water partition coefficient (Wildman–Crippen LogP) is 3.80. The largest absolute Gasteiger partial charge is 0.451 e. The Bertz CT molecular complexity index is 1730. The number of hydrogen-bond acceptors (Lipinski definition) is 6. The SMILES string of the molecule is Cn1cc2cc(Nc3cc(=O)n(Cc4cocn4)c(=O)n3Cc3cc(F)c(F)cc3F)c(Cl)cc2n1. The molecule has 2 aromatic carbocycles. The number of anilines is 2. The fraction of sp³-hybridized carbons (Fsp3) is 0.130. The van der Waals surface area contributed by atoms with E-state index in [0.717, 1.165) is 27.0 Å². The van der Waals surface area contributed by atoms with Crippen molar-refractivity contribution in [3.63, 3.8) is 0 Å². The van der Waals surface area contributed by atoms with Crippen LogP contribution in [0, 0.1) is 17.5 Å². The van der Waals surface area contributed by atoms with Crippen LogP contribution in [0.4, 0.5) is 24.7 Å². The van der Waals surface area contributed by atoms with E-state index in [-0.39, 0.29) is 22.9 Å². The highest BCUT2D eigenvalue weighted by molar-refractivity contribution is 6.34. The molecule has 0 saturated heterocycles. The molecule has 0 amide bonds. The molecule has 3 heterocycles. The van der Waals surface area contributed by atoms with Gasteiger partial charge >= 0.3 is 5.69 Å². The lowest BCUT2D eigenvalue weighted by Gasteiger charge is -2.17. The molecular weight excluding hydrogens is 501 g/mol. The van der Waals surface area contributed by atoms with E-state index in [9.17, 15) is 22.8 Å². The van der Waals surface area contributed by atoms with E-state index >= 15 is 0 Å². The van der Waals surface area contributed by atoms with Crippen LogP contribution in [0.5, 0.6) is 0 Å². The monoisotopic (exact) mass is 516 g/mol. The van der Waals surface area contributed by atoms with Crippen LogP contribution in [0.15, 0.2) is 63.2 Å². The van der Waals surface area contributed by atoms with Crippen LogP contribution < -0.4 is 16.6 Å². The van der Waals surface area contributed by atoms with Crippen molar-refractivity contribution < 1.29 is 17.6 Å². The molecule has 0 saturated carbocycles. The predicted molar refractivity (Wildman–Crippen MR) is 125 cm³/mol. The van der Waals surface area contributed by atoms with Gasteiger partial charge in [-0.25, -0.2) is 22.9 Å². The number of hydrogen-bond donors (Lipinski definition) is 1. The minimum Gasteiger partial charge on any atom is -0.451 e. The van der Waals surface area contributed by atoms with Gasteiger partial charge in [-0.3, -0.25) is 18.6 Å². The standard InChI is InChI=1S/C23H16ClF3N6O3/c1-31-7-13-3-20(15(24)4-19(13)30-31)29-21-6-22(34)33(9-14-10-36-11-28-14)23(35)32(21)8-12-2-17(26)18(27)5-16(12)25/h2-7,10-11,29H,8-9H2,1H3. The van der Waals surface area contributed by atoms with E-state index in [1.54, 1.807) is 30.1 Å². The van der Waals surface area contributed by atoms with E-state index in [0.29, 0.717) is 29.0 Å². The van der Waals surface area contributed by atoms with Gasteiger partial charge in [0.25, 0.3) is 5.56 Å². The highest BCUT2D eigenvalue weighted by atomic mass is 35.5. The molecule has 5 aromatic rings. The average Bonchev–Trinajstić information content (AvgIpc) is 3.46. The maximum Gasteiger partial charge on any atom is 0.333 e. The zero-order valence-electron chi connectivity index (χ0n) is 18.5. The Hall–Kier alpha value is -4.32. The molecule has 9 nitrogen and oxygen atoms in total. The van der Waals surface area contributed by atoms with Crippen LogP contribution in [0.3, 0.4) is 0 Å². The molecule has 36 heavy (non-hydrogen) atoms. The van der Waals surface area contributed by atoms with Crippen molar-refractivity contribution in [2.75, 3.05) is 5.32 Å². The first-order valence-electron chi connectivity index (χ1n) is 10.4. The van der Waals surface area contributed by atoms with Gasteiger partial charge in [-0.2, -0.15) is 5.10 Å². The van der Waals surface area contributed by atoms with Gasteiger partial charge in [0.05, 0.1) is 35.0 Å². The Morgan fingerprint density at radius 3 is 2.53 bits per heavy atom. The number of nitrogens with zero attached hydrogens (tertiary/aromatic N) is 5. The van der Waals surface area contributed by atoms with Crippen molar-refractivity contribution in [3.05, 3.63) is 104 Å². The van der Waals surface area contributed by atoms with Gasteiger partial charge in [0.2, 0.25) is 0 Å². The number of nitrogens with one attached hydrogen (secondary N) is 1. The molecule has 0 aliphatic carbocycles. The molecule has 0 radical (unpaired) electrons. The number of halogens is 4. The van der Waals surface area contributed by atoms with E-state index in [1.165, 1.54) is 6.26 Å². The molecule has 1 N–H and O–H groups in total. The minimum absolute atomic E-state index is 0.0457. The second kappa shape index (κ2) is 9.04. The van der Waals surface area contributed by atoms with Crippen LogP contribution in [0.25, 0.3) is 10.9 Å². The Morgan fingerprint density at radius 2 is 1.78 bits per heavy atom. The Kier molecular flexibility index (Phi) is 5.88. The lowest BCUT2D eigenvalue weighted by atomic mass is 10.2. The third kappa shape index (κ3) is 4.38. The second-order valence-corrected chi connectivity index (χ2v) is 8.39. The first kappa shape index (κ1) is 23.4. The molecule has 184 valence electrons. The van der Waals surface area contributed by atoms with Crippen LogP contribution in [0.2, 0.25) is 5.02 Å². The highest BCUT2D eigenvalue weighted by Crippen LogP contribution is 2.30. The molecule has 0 unspecified atom stereocenters. The molecule has 13 heteroatoms. The summed E-state index contributed by atoms with van der Waals surface area (Å²) >= 11 is 6.39. The second-order valence-electron chi connectivity index (χ2n) is 7.98. The molecule has 0 spiro atoms. The average molecular weight is 517 g/mol. The van der Waals surface area contributed by atoms with E-state index in [1.807, 2.05) is 0 Å². The fourth-order valence-electron chi connectivity index (χ4n) is 3.75. The van der Waals surface area contributed by atoms with Crippen molar-refractivity contribution in [2.45, 2.75) is 13.1 Å². The zero-order valence-corrected chi connectivity index (χ0v) is 19.3. The van der Waals surface area contributed by atoms with Gasteiger partial charge in [0.15, 0.2) is 18.0 Å². The third-order valence-electron chi connectivity index (χ3n) is 5.47. The first-order chi connectivity index (χ1) is 17.2. The maximum atomic E-state index is 14.5. The van der Waals surface area contributed by atoms with E-state index in [4.69, 9.17) is 16.0 Å². The third-order valence-corrected chi connectivity index (χ3v) is 5.78. The van der Waals surface area contributed by atoms with Gasteiger partial charge < -0.3 is 9.73 Å². The summed E-state index contributed by atoms with van der Waals surface area (Å²) in [6.07, 6.45) is 4.15. The summed E-state index contributed by atoms with van der Waals surface area (Å²) in [5, 5.41) is 8.17. The van der Waals surface area contributed by atoms with Crippen molar-refractivity contribution in [2.24, 2.45) is 7.05 Å². The fourth-order valence-corrected chi connectivity index (χ4v) is 3.96. The smallest absolute Gasteiger partial charge is 0.333 e. The van der Waals surface area contributed by atoms with Crippen molar-refractivity contribution in [1.29, 1.82) is 0 Å². The number of aromatic nitrogens is 5. The van der Waals surface area contributed by atoms with Crippen LogP contribution >= 0.6 is 11.6 Å².